The Bertz CT molecular complexity index is 1300. The third kappa shape index (κ3) is 3.87. The first-order valence-corrected chi connectivity index (χ1v) is 11.0. The maximum Gasteiger partial charge on any atom is 0.335 e. The number of pyridine rings is 1. The molecule has 2 aromatic carbocycles. The molecule has 1 saturated heterocycles. The lowest BCUT2D eigenvalue weighted by Gasteiger charge is -2.29. The van der Waals surface area contributed by atoms with Crippen LogP contribution in [-0.4, -0.2) is 25.7 Å². The van der Waals surface area contributed by atoms with Gasteiger partial charge in [-0.15, -0.1) is 0 Å². The molecule has 6 nitrogen and oxygen atoms in total. The molecule has 1 aliphatic heterocycles. The number of carbonyl (C=O) groups is 1. The van der Waals surface area contributed by atoms with Crippen LogP contribution in [0.15, 0.2) is 91.3 Å². The minimum absolute atomic E-state index is 0.160. The van der Waals surface area contributed by atoms with Crippen molar-refractivity contribution in [3.8, 4) is 5.69 Å². The number of rotatable bonds is 5. The highest BCUT2D eigenvalue weighted by Crippen LogP contribution is 2.42. The van der Waals surface area contributed by atoms with Crippen LogP contribution in [0, 0.1) is 6.92 Å². The number of carboxylic acids is 1. The molecule has 5 rings (SSSR count). The highest BCUT2D eigenvalue weighted by atomic mass is 32.1. The standard InChI is InChI=1S/C26H22N4O2S/c1-17-7-11-20(12-8-17)30-24(23(28-26(30)33)21-5-2-3-15-27-21)22-6-4-16-29(22)19-13-9-18(10-14-19)25(31)32/h2-16,23-24H,1H3,(H,28,33)(H,31,32)/t23-,24+/m0/s1. The molecule has 0 aliphatic carbocycles. The number of nitrogens with zero attached hydrogens (tertiary/aromatic N) is 3. The van der Waals surface area contributed by atoms with Crippen molar-refractivity contribution in [3.05, 3.63) is 114 Å². The zero-order valence-electron chi connectivity index (χ0n) is 17.9. The van der Waals surface area contributed by atoms with E-state index in [1.165, 1.54) is 5.56 Å². The van der Waals surface area contributed by atoms with Crippen LogP contribution >= 0.6 is 12.2 Å². The van der Waals surface area contributed by atoms with Crippen LogP contribution in [0.3, 0.4) is 0 Å². The highest BCUT2D eigenvalue weighted by Gasteiger charge is 2.42. The maximum atomic E-state index is 11.3. The lowest BCUT2D eigenvalue weighted by Crippen LogP contribution is -2.30. The van der Waals surface area contributed by atoms with E-state index in [0.717, 1.165) is 22.8 Å². The van der Waals surface area contributed by atoms with Crippen LogP contribution in [0.5, 0.6) is 0 Å². The van der Waals surface area contributed by atoms with Gasteiger partial charge in [-0.2, -0.15) is 0 Å². The molecule has 0 radical (unpaired) electrons. The molecule has 1 fully saturated rings. The smallest absolute Gasteiger partial charge is 0.335 e. The van der Waals surface area contributed by atoms with E-state index in [0.29, 0.717) is 5.11 Å². The summed E-state index contributed by atoms with van der Waals surface area (Å²) >= 11 is 5.80. The monoisotopic (exact) mass is 454 g/mol. The number of hydrogen-bond acceptors (Lipinski definition) is 3. The Hall–Kier alpha value is -3.97. The second-order valence-electron chi connectivity index (χ2n) is 7.99. The number of carboxylic acid groups (broad SMARTS) is 1. The SMILES string of the molecule is Cc1ccc(N2C(=S)N[C@@H](c3ccccn3)[C@H]2c2cccn2-c2ccc(C(=O)O)cc2)cc1. The fraction of sp³-hybridized carbons (Fsp3) is 0.115. The second-order valence-corrected chi connectivity index (χ2v) is 8.37. The van der Waals surface area contributed by atoms with Crippen LogP contribution in [0.1, 0.15) is 39.4 Å². The van der Waals surface area contributed by atoms with Gasteiger partial charge in [0.25, 0.3) is 0 Å². The van der Waals surface area contributed by atoms with Crippen LogP contribution in [-0.2, 0) is 0 Å². The van der Waals surface area contributed by atoms with Crippen molar-refractivity contribution >= 4 is 29.0 Å². The summed E-state index contributed by atoms with van der Waals surface area (Å²) in [5.41, 5.74) is 5.22. The number of aromatic nitrogens is 2. The predicted molar refractivity (Wildman–Crippen MR) is 132 cm³/mol. The van der Waals surface area contributed by atoms with Gasteiger partial charge < -0.3 is 19.9 Å². The molecule has 164 valence electrons. The minimum Gasteiger partial charge on any atom is -0.478 e. The van der Waals surface area contributed by atoms with E-state index in [1.807, 2.05) is 42.6 Å². The van der Waals surface area contributed by atoms with Crippen LogP contribution in [0.25, 0.3) is 5.69 Å². The van der Waals surface area contributed by atoms with Crippen molar-refractivity contribution in [2.24, 2.45) is 0 Å². The summed E-state index contributed by atoms with van der Waals surface area (Å²) in [6.07, 6.45) is 3.77. The summed E-state index contributed by atoms with van der Waals surface area (Å²) in [6.45, 7) is 2.06. The third-order valence-electron chi connectivity index (χ3n) is 5.89. The van der Waals surface area contributed by atoms with Crippen LogP contribution in [0.4, 0.5) is 5.69 Å². The molecular weight excluding hydrogens is 432 g/mol. The average Bonchev–Trinajstić information content (AvgIpc) is 3.44. The van der Waals surface area contributed by atoms with E-state index >= 15 is 0 Å². The Balaban J connectivity index is 1.63. The predicted octanol–water partition coefficient (Wildman–Crippen LogP) is 5.06. The van der Waals surface area contributed by atoms with E-state index in [9.17, 15) is 9.90 Å². The van der Waals surface area contributed by atoms with Gasteiger partial charge in [0.05, 0.1) is 17.3 Å². The van der Waals surface area contributed by atoms with Crippen molar-refractivity contribution in [1.82, 2.24) is 14.9 Å². The summed E-state index contributed by atoms with van der Waals surface area (Å²) in [6, 6.07) is 24.8. The molecule has 7 heteroatoms. The topological polar surface area (TPSA) is 70.4 Å². The Morgan fingerprint density at radius 3 is 2.36 bits per heavy atom. The molecule has 4 aromatic rings. The van der Waals surface area contributed by atoms with Gasteiger partial charge in [0.15, 0.2) is 5.11 Å². The molecule has 2 atom stereocenters. The molecular formula is C26H22N4O2S. The molecule has 2 aromatic heterocycles. The molecule has 3 heterocycles. The number of nitrogens with one attached hydrogen (secondary N) is 1. The number of thiocarbonyl (C=S) groups is 1. The Morgan fingerprint density at radius 2 is 1.70 bits per heavy atom. The Kier molecular flexibility index (Phi) is 5.40. The largest absolute Gasteiger partial charge is 0.478 e. The van der Waals surface area contributed by atoms with E-state index < -0.39 is 5.97 Å². The first kappa shape index (κ1) is 20.9. The maximum absolute atomic E-state index is 11.3. The summed E-state index contributed by atoms with van der Waals surface area (Å²) in [5, 5.41) is 13.4. The van der Waals surface area contributed by atoms with E-state index in [4.69, 9.17) is 12.2 Å². The number of aromatic carboxylic acids is 1. The molecule has 0 unspecified atom stereocenters. The molecule has 0 saturated carbocycles. The first-order valence-electron chi connectivity index (χ1n) is 10.6. The van der Waals surface area contributed by atoms with Crippen molar-refractivity contribution in [2.45, 2.75) is 19.0 Å². The molecule has 1 aliphatic rings. The Labute approximate surface area is 197 Å². The van der Waals surface area contributed by atoms with Gasteiger partial charge in [-0.25, -0.2) is 4.79 Å². The zero-order valence-corrected chi connectivity index (χ0v) is 18.7. The van der Waals surface area contributed by atoms with Gasteiger partial charge in [0.1, 0.15) is 6.04 Å². The molecule has 0 spiro atoms. The zero-order chi connectivity index (χ0) is 22.9. The number of anilines is 1. The molecule has 0 bridgehead atoms. The third-order valence-corrected chi connectivity index (χ3v) is 6.20. The van der Waals surface area contributed by atoms with Gasteiger partial charge in [-0.05, 0) is 79.8 Å². The lowest BCUT2D eigenvalue weighted by molar-refractivity contribution is 0.0697. The quantitative estimate of drug-likeness (QED) is 0.411. The summed E-state index contributed by atoms with van der Waals surface area (Å²) in [4.78, 5) is 18.0. The number of benzene rings is 2. The van der Waals surface area contributed by atoms with Gasteiger partial charge in [0.2, 0.25) is 0 Å². The lowest BCUT2D eigenvalue weighted by atomic mass is 10.0. The van der Waals surface area contributed by atoms with E-state index in [2.05, 4.69) is 57.0 Å². The highest BCUT2D eigenvalue weighted by molar-refractivity contribution is 7.80. The van der Waals surface area contributed by atoms with Gasteiger partial charge in [-0.1, -0.05) is 23.8 Å². The fourth-order valence-corrected chi connectivity index (χ4v) is 4.62. The normalized spacial score (nSPS) is 17.7. The number of hydrogen-bond donors (Lipinski definition) is 2. The molecule has 33 heavy (non-hydrogen) atoms. The Morgan fingerprint density at radius 1 is 0.970 bits per heavy atom. The van der Waals surface area contributed by atoms with Crippen LogP contribution < -0.4 is 10.2 Å². The van der Waals surface area contributed by atoms with Gasteiger partial charge in [0, 0.05) is 29.5 Å². The van der Waals surface area contributed by atoms with E-state index in [-0.39, 0.29) is 17.6 Å². The minimum atomic E-state index is -0.944. The van der Waals surface area contributed by atoms with Crippen molar-refractivity contribution in [1.29, 1.82) is 0 Å². The number of aryl methyl sites for hydroxylation is 1. The fourth-order valence-electron chi connectivity index (χ4n) is 4.27. The van der Waals surface area contributed by atoms with E-state index in [1.54, 1.807) is 18.3 Å². The molecule has 0 amide bonds. The van der Waals surface area contributed by atoms with Crippen molar-refractivity contribution in [3.63, 3.8) is 0 Å². The second kappa shape index (κ2) is 8.52. The molecule has 2 N–H and O–H groups in total. The van der Waals surface area contributed by atoms with Crippen molar-refractivity contribution < 1.29 is 9.90 Å². The average molecular weight is 455 g/mol. The summed E-state index contributed by atoms with van der Waals surface area (Å²) in [7, 11) is 0. The summed E-state index contributed by atoms with van der Waals surface area (Å²) in [5.74, 6) is -0.944. The van der Waals surface area contributed by atoms with Gasteiger partial charge in [-0.3, -0.25) is 4.98 Å². The summed E-state index contributed by atoms with van der Waals surface area (Å²) < 4.78 is 2.07. The van der Waals surface area contributed by atoms with Crippen LogP contribution in [0.2, 0.25) is 0 Å². The van der Waals surface area contributed by atoms with Crippen molar-refractivity contribution in [2.75, 3.05) is 4.90 Å². The van der Waals surface area contributed by atoms with Gasteiger partial charge >= 0.3 is 5.97 Å². The first-order chi connectivity index (χ1) is 16.0.